The normalized spacial score (nSPS) is 17.5. The molecule has 0 atom stereocenters. The molecule has 1 saturated heterocycles. The van der Waals surface area contributed by atoms with Crippen LogP contribution >= 0.6 is 11.8 Å². The number of aromatic carboxylic acids is 1. The van der Waals surface area contributed by atoms with Crippen LogP contribution in [0.1, 0.15) is 34.6 Å². The van der Waals surface area contributed by atoms with E-state index in [2.05, 4.69) is 11.6 Å². The van der Waals surface area contributed by atoms with Gasteiger partial charge in [0.25, 0.3) is 5.91 Å². The first-order valence-electron chi connectivity index (χ1n) is 8.00. The van der Waals surface area contributed by atoms with Crippen molar-refractivity contribution in [2.45, 2.75) is 19.4 Å². The minimum atomic E-state index is -1.14. The van der Waals surface area contributed by atoms with Crippen molar-refractivity contribution in [1.29, 1.82) is 0 Å². The number of carbonyl (C=O) groups is 2. The molecule has 2 aromatic rings. The highest BCUT2D eigenvalue weighted by molar-refractivity contribution is 8.17. The first-order valence-corrected chi connectivity index (χ1v) is 8.82. The van der Waals surface area contributed by atoms with Crippen LogP contribution in [-0.2, 0) is 0 Å². The van der Waals surface area contributed by atoms with E-state index in [4.69, 9.17) is 0 Å². The third-order valence-electron chi connectivity index (χ3n) is 4.22. The fourth-order valence-electron chi connectivity index (χ4n) is 2.65. The molecule has 0 bridgehead atoms. The summed E-state index contributed by atoms with van der Waals surface area (Å²) >= 11 is 1.33. The quantitative estimate of drug-likeness (QED) is 0.865. The monoisotopic (exact) mass is 366 g/mol. The molecule has 6 heteroatoms. The highest BCUT2D eigenvalue weighted by atomic mass is 32.2. The third kappa shape index (κ3) is 3.15. The number of rotatable bonds is 3. The van der Waals surface area contributed by atoms with Gasteiger partial charge >= 0.3 is 5.97 Å². The minimum Gasteiger partial charge on any atom is -0.478 e. The third-order valence-corrected chi connectivity index (χ3v) is 5.42. The van der Waals surface area contributed by atoms with Gasteiger partial charge in [0.2, 0.25) is 0 Å². The van der Waals surface area contributed by atoms with Crippen LogP contribution in [0.5, 0.6) is 0 Å². The molecule has 26 heavy (non-hydrogen) atoms. The predicted octanol–water partition coefficient (Wildman–Crippen LogP) is 4.55. The Balaban J connectivity index is 2.10. The van der Waals surface area contributed by atoms with Gasteiger partial charge in [-0.15, -0.1) is 0 Å². The topological polar surface area (TPSA) is 70.0 Å². The molecular formula is C20H18N2O3S. The lowest BCUT2D eigenvalue weighted by atomic mass is 10.00. The molecule has 1 fully saturated rings. The lowest BCUT2D eigenvalue weighted by Crippen LogP contribution is -2.46. The second kappa shape index (κ2) is 6.80. The Labute approximate surface area is 156 Å². The van der Waals surface area contributed by atoms with Crippen molar-refractivity contribution < 1.29 is 14.7 Å². The van der Waals surface area contributed by atoms with Gasteiger partial charge in [-0.1, -0.05) is 48.7 Å². The van der Waals surface area contributed by atoms with Crippen LogP contribution in [0, 0.1) is 0 Å². The Morgan fingerprint density at radius 3 is 2.23 bits per heavy atom. The van der Waals surface area contributed by atoms with Crippen LogP contribution < -0.4 is 0 Å². The summed E-state index contributed by atoms with van der Waals surface area (Å²) in [6, 6.07) is 15.5. The zero-order chi connectivity index (χ0) is 18.9. The number of carbonyl (C=O) groups excluding carboxylic acids is 1. The van der Waals surface area contributed by atoms with Crippen molar-refractivity contribution in [3.63, 3.8) is 0 Å². The molecule has 1 amide bonds. The molecule has 132 valence electrons. The summed E-state index contributed by atoms with van der Waals surface area (Å²) in [6.07, 6.45) is 0. The van der Waals surface area contributed by atoms with Crippen LogP contribution in [0.25, 0.3) is 0 Å². The standard InChI is InChI=1S/C20H18N2O3S/c1-13-20(2,3)22(19(26-13)21-14-9-5-4-6-10-14)17(23)15-11-7-8-12-16(15)18(24)25/h4-12H,1H2,2-3H3,(H,24,25). The number of nitrogens with zero attached hydrogens (tertiary/aromatic N) is 2. The van der Waals surface area contributed by atoms with Crippen molar-refractivity contribution in [2.24, 2.45) is 4.99 Å². The number of hydrogen-bond donors (Lipinski definition) is 1. The van der Waals surface area contributed by atoms with Crippen LogP contribution in [0.3, 0.4) is 0 Å². The number of hydrogen-bond acceptors (Lipinski definition) is 4. The van der Waals surface area contributed by atoms with Crippen LogP contribution in [-0.4, -0.2) is 32.6 Å². The Kier molecular flexibility index (Phi) is 4.70. The summed E-state index contributed by atoms with van der Waals surface area (Å²) in [5.41, 5.74) is 0.116. The summed E-state index contributed by atoms with van der Waals surface area (Å²) in [5.74, 6) is -1.55. The highest BCUT2D eigenvalue weighted by Crippen LogP contribution is 2.43. The fourth-order valence-corrected chi connectivity index (χ4v) is 3.76. The molecule has 2 aromatic carbocycles. The molecule has 0 aromatic heterocycles. The Morgan fingerprint density at radius 2 is 1.62 bits per heavy atom. The van der Waals surface area contributed by atoms with Gasteiger partial charge in [0.1, 0.15) is 0 Å². The number of aliphatic imine (C=N–C) groups is 1. The van der Waals surface area contributed by atoms with E-state index in [0.717, 1.165) is 4.91 Å². The lowest BCUT2D eigenvalue weighted by molar-refractivity contribution is 0.0679. The van der Waals surface area contributed by atoms with Crippen molar-refractivity contribution in [3.05, 3.63) is 77.2 Å². The number of benzene rings is 2. The van der Waals surface area contributed by atoms with E-state index in [0.29, 0.717) is 10.9 Å². The fraction of sp³-hybridized carbons (Fsp3) is 0.150. The first-order chi connectivity index (χ1) is 12.3. The van der Waals surface area contributed by atoms with Crippen molar-refractivity contribution >= 4 is 34.5 Å². The smallest absolute Gasteiger partial charge is 0.336 e. The first kappa shape index (κ1) is 17.9. The summed E-state index contributed by atoms with van der Waals surface area (Å²) < 4.78 is 0. The summed E-state index contributed by atoms with van der Waals surface area (Å²) in [7, 11) is 0. The van der Waals surface area contributed by atoms with Crippen LogP contribution in [0.2, 0.25) is 0 Å². The SMILES string of the molecule is C=C1SC(=Nc2ccccc2)N(C(=O)c2ccccc2C(=O)O)C1(C)C. The molecule has 3 rings (SSSR count). The van der Waals surface area contributed by atoms with Gasteiger partial charge in [-0.2, -0.15) is 0 Å². The summed E-state index contributed by atoms with van der Waals surface area (Å²) in [5, 5.41) is 9.90. The summed E-state index contributed by atoms with van der Waals surface area (Å²) in [4.78, 5) is 31.7. The van der Waals surface area contributed by atoms with E-state index in [-0.39, 0.29) is 11.1 Å². The van der Waals surface area contributed by atoms with E-state index in [9.17, 15) is 14.7 Å². The van der Waals surface area contributed by atoms with Gasteiger partial charge < -0.3 is 5.11 Å². The Morgan fingerprint density at radius 1 is 1.04 bits per heavy atom. The molecule has 1 N–H and O–H groups in total. The number of amidine groups is 1. The van der Waals surface area contributed by atoms with Gasteiger partial charge in [0, 0.05) is 4.91 Å². The summed E-state index contributed by atoms with van der Waals surface area (Å²) in [6.45, 7) is 7.80. The zero-order valence-corrected chi connectivity index (χ0v) is 15.3. The second-order valence-corrected chi connectivity index (χ2v) is 7.37. The largest absolute Gasteiger partial charge is 0.478 e. The highest BCUT2D eigenvalue weighted by Gasteiger charge is 2.45. The Bertz CT molecular complexity index is 920. The van der Waals surface area contributed by atoms with E-state index in [1.807, 2.05) is 44.2 Å². The molecule has 0 radical (unpaired) electrons. The van der Waals surface area contributed by atoms with Crippen molar-refractivity contribution in [1.82, 2.24) is 4.90 Å². The number of thioether (sulfide) groups is 1. The maximum atomic E-state index is 13.3. The van der Waals surface area contributed by atoms with Crippen LogP contribution in [0.4, 0.5) is 5.69 Å². The molecule has 0 aliphatic carbocycles. The maximum Gasteiger partial charge on any atom is 0.336 e. The molecular weight excluding hydrogens is 348 g/mol. The number of carboxylic acid groups (broad SMARTS) is 1. The van der Waals surface area contributed by atoms with Gasteiger partial charge in [0.05, 0.1) is 22.4 Å². The number of para-hydroxylation sites is 1. The molecule has 1 aliphatic heterocycles. The van der Waals surface area contributed by atoms with Gasteiger partial charge in [-0.25, -0.2) is 9.79 Å². The zero-order valence-electron chi connectivity index (χ0n) is 14.5. The van der Waals surface area contributed by atoms with Gasteiger partial charge in [0.15, 0.2) is 5.17 Å². The average Bonchev–Trinajstić information content (AvgIpc) is 2.83. The molecule has 1 heterocycles. The molecule has 0 spiro atoms. The number of amides is 1. The van der Waals surface area contributed by atoms with E-state index < -0.39 is 17.4 Å². The average molecular weight is 366 g/mol. The molecule has 1 aliphatic rings. The lowest BCUT2D eigenvalue weighted by Gasteiger charge is -2.31. The minimum absolute atomic E-state index is 0.0325. The second-order valence-electron chi connectivity index (χ2n) is 6.31. The maximum absolute atomic E-state index is 13.3. The van der Waals surface area contributed by atoms with Crippen molar-refractivity contribution in [2.75, 3.05) is 0 Å². The van der Waals surface area contributed by atoms with Gasteiger partial charge in [-0.05, 0) is 38.1 Å². The molecule has 5 nitrogen and oxygen atoms in total. The van der Waals surface area contributed by atoms with Crippen molar-refractivity contribution in [3.8, 4) is 0 Å². The Hall–Kier alpha value is -2.86. The van der Waals surface area contributed by atoms with E-state index in [1.165, 1.54) is 28.8 Å². The van der Waals surface area contributed by atoms with Crippen LogP contribution in [0.15, 0.2) is 71.1 Å². The number of carboxylic acids is 1. The van der Waals surface area contributed by atoms with E-state index in [1.54, 1.807) is 12.1 Å². The predicted molar refractivity (Wildman–Crippen MR) is 104 cm³/mol. The molecule has 0 saturated carbocycles. The molecule has 0 unspecified atom stereocenters. The van der Waals surface area contributed by atoms with Gasteiger partial charge in [-0.3, -0.25) is 9.69 Å². The van der Waals surface area contributed by atoms with E-state index >= 15 is 0 Å².